The molecular formula is C30H33NO5. The van der Waals surface area contributed by atoms with Gasteiger partial charge in [0.05, 0.1) is 12.7 Å². The number of hydrogen-bond acceptors (Lipinski definition) is 4. The maximum absolute atomic E-state index is 13.1. The fourth-order valence-electron chi connectivity index (χ4n) is 4.82. The van der Waals surface area contributed by atoms with Gasteiger partial charge in [0.1, 0.15) is 6.10 Å². The van der Waals surface area contributed by atoms with E-state index >= 15 is 0 Å². The first kappa shape index (κ1) is 25.5. The zero-order valence-corrected chi connectivity index (χ0v) is 21.1. The third-order valence-corrected chi connectivity index (χ3v) is 6.64. The Bertz CT molecular complexity index is 1170. The minimum Gasteiger partial charge on any atom is -0.480 e. The topological polar surface area (TPSA) is 84.9 Å². The number of nitrogens with one attached hydrogen (secondary N) is 1. The number of aliphatic carboxylic acids is 1. The number of carboxylic acid groups (broad SMARTS) is 1. The Morgan fingerprint density at radius 2 is 1.42 bits per heavy atom. The van der Waals surface area contributed by atoms with Crippen LogP contribution in [-0.4, -0.2) is 35.4 Å². The van der Waals surface area contributed by atoms with Crippen molar-refractivity contribution in [2.75, 3.05) is 0 Å². The molecule has 0 bridgehead atoms. The van der Waals surface area contributed by atoms with Crippen LogP contribution in [0.4, 0.5) is 4.79 Å². The summed E-state index contributed by atoms with van der Waals surface area (Å²) in [6, 6.07) is 24.5. The molecular weight excluding hydrogens is 454 g/mol. The number of carbonyl (C=O) groups excluding carboxylic acids is 1. The first-order valence-corrected chi connectivity index (χ1v) is 12.2. The Labute approximate surface area is 212 Å². The maximum Gasteiger partial charge on any atom is 0.408 e. The summed E-state index contributed by atoms with van der Waals surface area (Å²) in [7, 11) is 0. The highest BCUT2D eigenvalue weighted by atomic mass is 16.6. The largest absolute Gasteiger partial charge is 0.480 e. The molecule has 3 aromatic carbocycles. The lowest BCUT2D eigenvalue weighted by molar-refractivity contribution is -0.143. The summed E-state index contributed by atoms with van der Waals surface area (Å²) in [6.45, 7) is 7.94. The zero-order valence-electron chi connectivity index (χ0n) is 21.1. The van der Waals surface area contributed by atoms with Gasteiger partial charge in [0.2, 0.25) is 0 Å². The van der Waals surface area contributed by atoms with Gasteiger partial charge in [-0.2, -0.15) is 0 Å². The van der Waals surface area contributed by atoms with Gasteiger partial charge in [-0.15, -0.1) is 0 Å². The Morgan fingerprint density at radius 1 is 0.889 bits per heavy atom. The van der Waals surface area contributed by atoms with Gasteiger partial charge in [0.15, 0.2) is 6.04 Å². The predicted octanol–water partition coefficient (Wildman–Crippen LogP) is 6.00. The number of benzene rings is 3. The van der Waals surface area contributed by atoms with Crippen molar-refractivity contribution in [2.24, 2.45) is 5.41 Å². The molecule has 1 aliphatic rings. The van der Waals surface area contributed by atoms with E-state index in [0.717, 1.165) is 27.8 Å². The van der Waals surface area contributed by atoms with Crippen molar-refractivity contribution in [3.05, 3.63) is 95.6 Å². The van der Waals surface area contributed by atoms with Crippen LogP contribution in [0.3, 0.4) is 0 Å². The minimum absolute atomic E-state index is 0.168. The average molecular weight is 488 g/mol. The van der Waals surface area contributed by atoms with Crippen LogP contribution in [0.25, 0.3) is 11.1 Å². The molecule has 6 heteroatoms. The second-order valence-electron chi connectivity index (χ2n) is 10.3. The van der Waals surface area contributed by atoms with Crippen molar-refractivity contribution in [3.63, 3.8) is 0 Å². The van der Waals surface area contributed by atoms with E-state index in [0.29, 0.717) is 0 Å². The summed E-state index contributed by atoms with van der Waals surface area (Å²) < 4.78 is 11.8. The van der Waals surface area contributed by atoms with Crippen molar-refractivity contribution in [2.45, 2.75) is 58.5 Å². The van der Waals surface area contributed by atoms with Crippen LogP contribution in [0.2, 0.25) is 0 Å². The standard InChI is InChI=1S/C30H33NO5/c1-19(35-18-20-12-6-5-7-13-20)26(28(32)33)31-29(34)36-27(30(2,3)4)25-23-16-10-8-14-21(23)22-15-9-11-17-24(22)25/h5-17,19,25-27H,18H2,1-4H3,(H,31,34)(H,32,33)/t19?,26-,27?/m0/s1. The van der Waals surface area contributed by atoms with Gasteiger partial charge < -0.3 is 19.9 Å². The second kappa shape index (κ2) is 10.5. The van der Waals surface area contributed by atoms with Crippen LogP contribution in [0.15, 0.2) is 78.9 Å². The molecule has 3 atom stereocenters. The first-order chi connectivity index (χ1) is 17.2. The highest BCUT2D eigenvalue weighted by Gasteiger charge is 2.43. The molecule has 3 aromatic rings. The SMILES string of the molecule is CC(OCc1ccccc1)[C@H](NC(=O)OC(C1c2ccccc2-c2ccccc21)C(C)(C)C)C(=O)O. The average Bonchev–Trinajstić information content (AvgIpc) is 3.18. The summed E-state index contributed by atoms with van der Waals surface area (Å²) in [5.41, 5.74) is 4.95. The van der Waals surface area contributed by atoms with Gasteiger partial charge in [0, 0.05) is 5.92 Å². The van der Waals surface area contributed by atoms with Gasteiger partial charge in [-0.3, -0.25) is 0 Å². The van der Waals surface area contributed by atoms with Crippen molar-refractivity contribution in [3.8, 4) is 11.1 Å². The molecule has 0 radical (unpaired) electrons. The number of alkyl carbamates (subject to hydrolysis) is 1. The molecule has 6 nitrogen and oxygen atoms in total. The van der Waals surface area contributed by atoms with Crippen molar-refractivity contribution in [1.82, 2.24) is 5.32 Å². The molecule has 2 unspecified atom stereocenters. The molecule has 2 N–H and O–H groups in total. The molecule has 1 amide bonds. The van der Waals surface area contributed by atoms with E-state index in [2.05, 4.69) is 29.6 Å². The number of fused-ring (bicyclic) bond motifs is 3. The Balaban J connectivity index is 1.53. The van der Waals surface area contributed by atoms with Crippen LogP contribution >= 0.6 is 0 Å². The van der Waals surface area contributed by atoms with E-state index in [9.17, 15) is 14.7 Å². The monoisotopic (exact) mass is 487 g/mol. The fourth-order valence-corrected chi connectivity index (χ4v) is 4.82. The summed E-state index contributed by atoms with van der Waals surface area (Å²) in [4.78, 5) is 25.1. The summed E-state index contributed by atoms with van der Waals surface area (Å²) >= 11 is 0. The number of rotatable bonds is 8. The molecule has 0 saturated carbocycles. The van der Waals surface area contributed by atoms with Crippen LogP contribution in [0, 0.1) is 5.41 Å². The van der Waals surface area contributed by atoms with E-state index in [4.69, 9.17) is 9.47 Å². The molecule has 0 aliphatic heterocycles. The van der Waals surface area contributed by atoms with Crippen molar-refractivity contribution in [1.29, 1.82) is 0 Å². The summed E-state index contributed by atoms with van der Waals surface area (Å²) in [5, 5.41) is 12.3. The van der Waals surface area contributed by atoms with E-state index in [1.165, 1.54) is 0 Å². The fraction of sp³-hybridized carbons (Fsp3) is 0.333. The third kappa shape index (κ3) is 5.44. The van der Waals surface area contributed by atoms with E-state index in [1.54, 1.807) is 6.92 Å². The zero-order chi connectivity index (χ0) is 25.9. The van der Waals surface area contributed by atoms with Gasteiger partial charge in [0.25, 0.3) is 0 Å². The number of ether oxygens (including phenoxy) is 2. The molecule has 0 saturated heterocycles. The molecule has 36 heavy (non-hydrogen) atoms. The Morgan fingerprint density at radius 3 is 1.94 bits per heavy atom. The van der Waals surface area contributed by atoms with Gasteiger partial charge >= 0.3 is 12.1 Å². The number of carbonyl (C=O) groups is 2. The molecule has 0 spiro atoms. The number of amides is 1. The Hall–Kier alpha value is -3.64. The van der Waals surface area contributed by atoms with Crippen LogP contribution in [0.1, 0.15) is 50.3 Å². The quantitative estimate of drug-likeness (QED) is 0.407. The number of hydrogen-bond donors (Lipinski definition) is 2. The van der Waals surface area contributed by atoms with Crippen LogP contribution in [-0.2, 0) is 20.9 Å². The number of carboxylic acids is 1. The minimum atomic E-state index is -1.26. The lowest BCUT2D eigenvalue weighted by Gasteiger charge is -2.36. The van der Waals surface area contributed by atoms with E-state index in [-0.39, 0.29) is 12.5 Å². The van der Waals surface area contributed by atoms with E-state index in [1.807, 2.05) is 75.4 Å². The molecule has 188 valence electrons. The predicted molar refractivity (Wildman–Crippen MR) is 139 cm³/mol. The van der Waals surface area contributed by atoms with Crippen LogP contribution < -0.4 is 5.32 Å². The summed E-state index contributed by atoms with van der Waals surface area (Å²) in [5.74, 6) is -1.35. The second-order valence-corrected chi connectivity index (χ2v) is 10.3. The third-order valence-electron chi connectivity index (χ3n) is 6.64. The smallest absolute Gasteiger partial charge is 0.408 e. The van der Waals surface area contributed by atoms with Gasteiger partial charge in [-0.25, -0.2) is 9.59 Å². The van der Waals surface area contributed by atoms with E-state index < -0.39 is 35.7 Å². The maximum atomic E-state index is 13.1. The normalized spacial score (nSPS) is 15.3. The molecule has 0 aromatic heterocycles. The molecule has 0 fully saturated rings. The van der Waals surface area contributed by atoms with Crippen molar-refractivity contribution < 1.29 is 24.2 Å². The molecule has 1 aliphatic carbocycles. The highest BCUT2D eigenvalue weighted by Crippen LogP contribution is 2.50. The summed E-state index contributed by atoms with van der Waals surface area (Å²) in [6.07, 6.45) is -2.08. The molecule has 4 rings (SSSR count). The Kier molecular flexibility index (Phi) is 7.45. The lowest BCUT2D eigenvalue weighted by atomic mass is 9.77. The van der Waals surface area contributed by atoms with Crippen molar-refractivity contribution >= 4 is 12.1 Å². The molecule has 0 heterocycles. The van der Waals surface area contributed by atoms with Gasteiger partial charge in [-0.1, -0.05) is 99.6 Å². The first-order valence-electron chi connectivity index (χ1n) is 12.2. The van der Waals surface area contributed by atoms with Gasteiger partial charge in [-0.05, 0) is 40.2 Å². The lowest BCUT2D eigenvalue weighted by Crippen LogP contribution is -2.50. The van der Waals surface area contributed by atoms with Crippen LogP contribution in [0.5, 0.6) is 0 Å². The highest BCUT2D eigenvalue weighted by molar-refractivity contribution is 5.81.